The van der Waals surface area contributed by atoms with Crippen LogP contribution in [0.2, 0.25) is 0 Å². The summed E-state index contributed by atoms with van der Waals surface area (Å²) >= 11 is 1.77. The molecular formula is C20H16N4S. The van der Waals surface area contributed by atoms with Gasteiger partial charge in [0.05, 0.1) is 21.6 Å². The molecule has 0 saturated heterocycles. The zero-order valence-corrected chi connectivity index (χ0v) is 14.6. The Morgan fingerprint density at radius 1 is 0.920 bits per heavy atom. The molecule has 5 heteroatoms. The highest BCUT2D eigenvalue weighted by Gasteiger charge is 2.15. The van der Waals surface area contributed by atoms with Crippen molar-refractivity contribution < 1.29 is 0 Å². The largest absolute Gasteiger partial charge is 0.334 e. The molecule has 0 unspecified atom stereocenters. The van der Waals surface area contributed by atoms with Crippen molar-refractivity contribution in [1.29, 1.82) is 0 Å². The van der Waals surface area contributed by atoms with E-state index in [1.165, 1.54) is 21.7 Å². The van der Waals surface area contributed by atoms with Gasteiger partial charge in [0.2, 0.25) is 0 Å². The van der Waals surface area contributed by atoms with E-state index < -0.39 is 0 Å². The maximum absolute atomic E-state index is 4.26. The van der Waals surface area contributed by atoms with Gasteiger partial charge in [0.15, 0.2) is 5.65 Å². The smallest absolute Gasteiger partial charge is 0.161 e. The van der Waals surface area contributed by atoms with Crippen molar-refractivity contribution in [3.63, 3.8) is 0 Å². The molecular weight excluding hydrogens is 328 g/mol. The number of thiophene rings is 1. The van der Waals surface area contributed by atoms with E-state index in [0.29, 0.717) is 0 Å². The molecule has 5 rings (SSSR count). The van der Waals surface area contributed by atoms with Crippen molar-refractivity contribution in [2.75, 3.05) is 0 Å². The molecule has 4 heterocycles. The van der Waals surface area contributed by atoms with Crippen LogP contribution in [-0.2, 0) is 6.54 Å². The molecule has 0 aliphatic heterocycles. The number of fused-ring (bicyclic) bond motifs is 3. The van der Waals surface area contributed by atoms with Crippen LogP contribution >= 0.6 is 11.3 Å². The van der Waals surface area contributed by atoms with E-state index in [1.54, 1.807) is 11.3 Å². The standard InChI is InChI=1S/C20H16N4S/c1-14-21-22-20-10-9-16-17(24(14)20)12-18(19-8-5-11-25-19)23(16)13-15-6-3-2-4-7-15/h2-12H,13H2,1H3. The van der Waals surface area contributed by atoms with Crippen LogP contribution in [0.3, 0.4) is 0 Å². The molecule has 0 amide bonds. The molecule has 122 valence electrons. The van der Waals surface area contributed by atoms with Gasteiger partial charge < -0.3 is 4.57 Å². The zero-order chi connectivity index (χ0) is 16.8. The van der Waals surface area contributed by atoms with E-state index in [1.807, 2.05) is 13.0 Å². The predicted molar refractivity (Wildman–Crippen MR) is 102 cm³/mol. The summed E-state index contributed by atoms with van der Waals surface area (Å²) in [5, 5.41) is 10.6. The second kappa shape index (κ2) is 5.57. The molecule has 1 aromatic carbocycles. The summed E-state index contributed by atoms with van der Waals surface area (Å²) in [6.45, 7) is 2.84. The van der Waals surface area contributed by atoms with E-state index >= 15 is 0 Å². The zero-order valence-electron chi connectivity index (χ0n) is 13.8. The first-order valence-corrected chi connectivity index (χ1v) is 9.11. The van der Waals surface area contributed by atoms with Crippen LogP contribution in [0.5, 0.6) is 0 Å². The second-order valence-corrected chi connectivity index (χ2v) is 7.07. The topological polar surface area (TPSA) is 35.1 Å². The van der Waals surface area contributed by atoms with E-state index in [2.05, 4.69) is 79.1 Å². The number of nitrogens with zero attached hydrogens (tertiary/aromatic N) is 4. The second-order valence-electron chi connectivity index (χ2n) is 6.12. The van der Waals surface area contributed by atoms with E-state index in [4.69, 9.17) is 0 Å². The van der Waals surface area contributed by atoms with Gasteiger partial charge >= 0.3 is 0 Å². The monoisotopic (exact) mass is 344 g/mol. The van der Waals surface area contributed by atoms with Gasteiger partial charge in [0.25, 0.3) is 0 Å². The summed E-state index contributed by atoms with van der Waals surface area (Å²) in [6, 6.07) is 21.3. The lowest BCUT2D eigenvalue weighted by atomic mass is 10.2. The van der Waals surface area contributed by atoms with E-state index in [-0.39, 0.29) is 0 Å². The van der Waals surface area contributed by atoms with Gasteiger partial charge in [0.1, 0.15) is 5.82 Å². The maximum Gasteiger partial charge on any atom is 0.161 e. The van der Waals surface area contributed by atoms with Crippen molar-refractivity contribution in [3.05, 3.63) is 77.4 Å². The summed E-state index contributed by atoms with van der Waals surface area (Å²) in [6.07, 6.45) is 0. The lowest BCUT2D eigenvalue weighted by Crippen LogP contribution is -2.01. The first-order valence-electron chi connectivity index (χ1n) is 8.23. The molecule has 0 atom stereocenters. The Hall–Kier alpha value is -2.92. The average molecular weight is 344 g/mol. The molecule has 4 aromatic heterocycles. The minimum atomic E-state index is 0.838. The van der Waals surface area contributed by atoms with Crippen LogP contribution in [0.15, 0.2) is 66.0 Å². The third-order valence-electron chi connectivity index (χ3n) is 4.56. The Kier molecular flexibility index (Phi) is 3.21. The summed E-state index contributed by atoms with van der Waals surface area (Å²) in [5.41, 5.74) is 5.76. The minimum absolute atomic E-state index is 0.838. The van der Waals surface area contributed by atoms with Crippen LogP contribution in [-0.4, -0.2) is 19.2 Å². The predicted octanol–water partition coefficient (Wildman–Crippen LogP) is 4.77. The number of rotatable bonds is 3. The summed E-state index contributed by atoms with van der Waals surface area (Å²) < 4.78 is 4.52. The Labute approximate surface area is 149 Å². The normalized spacial score (nSPS) is 11.6. The SMILES string of the molecule is Cc1nnc2ccc3c(cc(-c4cccs4)n3Cc3ccccc3)n12. The van der Waals surface area contributed by atoms with E-state index in [0.717, 1.165) is 23.5 Å². The fourth-order valence-electron chi connectivity index (χ4n) is 3.41. The number of hydrogen-bond acceptors (Lipinski definition) is 3. The lowest BCUT2D eigenvalue weighted by molar-refractivity contribution is 0.845. The number of aryl methyl sites for hydroxylation is 1. The Balaban J connectivity index is 1.82. The number of aromatic nitrogens is 4. The Morgan fingerprint density at radius 3 is 2.60 bits per heavy atom. The Bertz CT molecular complexity index is 1170. The van der Waals surface area contributed by atoms with Crippen LogP contribution in [0.1, 0.15) is 11.4 Å². The number of benzene rings is 1. The van der Waals surface area contributed by atoms with Crippen molar-refractivity contribution >= 4 is 28.0 Å². The van der Waals surface area contributed by atoms with Gasteiger partial charge in [0, 0.05) is 6.54 Å². The van der Waals surface area contributed by atoms with Crippen LogP contribution in [0, 0.1) is 6.92 Å². The third-order valence-corrected chi connectivity index (χ3v) is 5.45. The van der Waals surface area contributed by atoms with Crippen molar-refractivity contribution in [2.24, 2.45) is 0 Å². The number of hydrogen-bond donors (Lipinski definition) is 0. The van der Waals surface area contributed by atoms with Crippen LogP contribution in [0.4, 0.5) is 0 Å². The van der Waals surface area contributed by atoms with Gasteiger partial charge in [-0.3, -0.25) is 4.40 Å². The van der Waals surface area contributed by atoms with Gasteiger partial charge in [-0.05, 0) is 42.1 Å². The lowest BCUT2D eigenvalue weighted by Gasteiger charge is -2.10. The Morgan fingerprint density at radius 2 is 1.80 bits per heavy atom. The molecule has 0 fully saturated rings. The third kappa shape index (κ3) is 2.27. The fraction of sp³-hybridized carbons (Fsp3) is 0.100. The molecule has 0 radical (unpaired) electrons. The molecule has 0 saturated carbocycles. The molecule has 25 heavy (non-hydrogen) atoms. The molecule has 0 aliphatic carbocycles. The maximum atomic E-state index is 4.26. The van der Waals surface area contributed by atoms with Crippen molar-refractivity contribution in [2.45, 2.75) is 13.5 Å². The average Bonchev–Trinajstić information content (AvgIpc) is 3.35. The summed E-state index contributed by atoms with van der Waals surface area (Å²) in [4.78, 5) is 1.27. The first kappa shape index (κ1) is 14.4. The molecule has 5 aromatic rings. The van der Waals surface area contributed by atoms with Gasteiger partial charge in [-0.15, -0.1) is 21.5 Å². The summed E-state index contributed by atoms with van der Waals surface area (Å²) in [7, 11) is 0. The quantitative estimate of drug-likeness (QED) is 0.472. The highest BCUT2D eigenvalue weighted by molar-refractivity contribution is 7.13. The van der Waals surface area contributed by atoms with Gasteiger partial charge in [-0.2, -0.15) is 0 Å². The van der Waals surface area contributed by atoms with E-state index in [9.17, 15) is 0 Å². The fourth-order valence-corrected chi connectivity index (χ4v) is 4.16. The molecule has 0 bridgehead atoms. The summed E-state index contributed by atoms with van der Waals surface area (Å²) in [5.74, 6) is 0.912. The molecule has 0 aliphatic rings. The van der Waals surface area contributed by atoms with Gasteiger partial charge in [-0.25, -0.2) is 0 Å². The highest BCUT2D eigenvalue weighted by Crippen LogP contribution is 2.32. The van der Waals surface area contributed by atoms with Crippen molar-refractivity contribution in [1.82, 2.24) is 19.2 Å². The highest BCUT2D eigenvalue weighted by atomic mass is 32.1. The molecule has 0 N–H and O–H groups in total. The van der Waals surface area contributed by atoms with Crippen molar-refractivity contribution in [3.8, 4) is 10.6 Å². The molecule has 4 nitrogen and oxygen atoms in total. The van der Waals surface area contributed by atoms with Crippen LogP contribution < -0.4 is 0 Å². The van der Waals surface area contributed by atoms with Gasteiger partial charge in [-0.1, -0.05) is 36.4 Å². The minimum Gasteiger partial charge on any atom is -0.334 e. The van der Waals surface area contributed by atoms with Crippen LogP contribution in [0.25, 0.3) is 27.3 Å². The number of pyridine rings is 1. The molecule has 0 spiro atoms. The first-order chi connectivity index (χ1) is 12.3.